The summed E-state index contributed by atoms with van der Waals surface area (Å²) in [5, 5.41) is 15.6. The lowest BCUT2D eigenvalue weighted by atomic mass is 10.2. The summed E-state index contributed by atoms with van der Waals surface area (Å²) < 4.78 is 28.6. The average Bonchev–Trinajstić information content (AvgIpc) is 2.79. The van der Waals surface area contributed by atoms with Crippen molar-refractivity contribution in [1.82, 2.24) is 19.7 Å². The molecule has 0 aliphatic rings. The predicted octanol–water partition coefficient (Wildman–Crippen LogP) is 3.04. The summed E-state index contributed by atoms with van der Waals surface area (Å²) in [6.07, 6.45) is 5.53. The number of nitrogens with zero attached hydrogens (tertiary/aromatic N) is 3. The van der Waals surface area contributed by atoms with E-state index in [4.69, 9.17) is 0 Å². The first-order valence-electron chi connectivity index (χ1n) is 9.57. The summed E-state index contributed by atoms with van der Waals surface area (Å²) in [6, 6.07) is 9.74. The quantitative estimate of drug-likeness (QED) is 0.330. The molecule has 3 aromatic rings. The van der Waals surface area contributed by atoms with Gasteiger partial charge in [-0.3, -0.25) is 4.98 Å². The Kier molecular flexibility index (Phi) is 7.91. The van der Waals surface area contributed by atoms with Crippen LogP contribution in [0.1, 0.15) is 18.9 Å². The Hall–Kier alpha value is -2.60. The summed E-state index contributed by atoms with van der Waals surface area (Å²) in [4.78, 5) is 12.7. The van der Waals surface area contributed by atoms with Crippen molar-refractivity contribution in [2.45, 2.75) is 30.8 Å². The number of nitrogens with one attached hydrogen (secondary N) is 3. The molecule has 2 heterocycles. The Balaban J connectivity index is 1.74. The number of rotatable bonds is 10. The number of benzene rings is 1. The summed E-state index contributed by atoms with van der Waals surface area (Å²) in [5.41, 5.74) is 1.33. The van der Waals surface area contributed by atoms with E-state index in [1.165, 1.54) is 12.1 Å². The topological polar surface area (TPSA) is 129 Å². The van der Waals surface area contributed by atoms with E-state index in [9.17, 15) is 13.5 Å². The summed E-state index contributed by atoms with van der Waals surface area (Å²) >= 11 is 3.39. The molecule has 0 amide bonds. The number of aliphatic hydroxyl groups is 1. The Bertz CT molecular complexity index is 1110. The maximum Gasteiger partial charge on any atom is 0.240 e. The fourth-order valence-corrected chi connectivity index (χ4v) is 4.00. The molecule has 0 aliphatic heterocycles. The molecule has 0 aliphatic carbocycles. The highest BCUT2D eigenvalue weighted by atomic mass is 79.9. The van der Waals surface area contributed by atoms with Crippen LogP contribution >= 0.6 is 15.9 Å². The van der Waals surface area contributed by atoms with Crippen LogP contribution in [0, 0.1) is 0 Å². The number of aromatic nitrogens is 3. The van der Waals surface area contributed by atoms with E-state index in [1.54, 1.807) is 42.9 Å². The number of pyridine rings is 1. The van der Waals surface area contributed by atoms with Gasteiger partial charge in [0.1, 0.15) is 5.82 Å². The number of anilines is 3. The van der Waals surface area contributed by atoms with E-state index in [0.29, 0.717) is 16.0 Å². The second-order valence-corrected chi connectivity index (χ2v) is 9.28. The van der Waals surface area contributed by atoms with Crippen LogP contribution in [0.5, 0.6) is 0 Å². The Morgan fingerprint density at radius 1 is 1.19 bits per heavy atom. The van der Waals surface area contributed by atoms with Crippen LogP contribution in [0.3, 0.4) is 0 Å². The molecular weight excluding hydrogens is 484 g/mol. The third kappa shape index (κ3) is 6.44. The minimum atomic E-state index is -3.71. The molecule has 0 bridgehead atoms. The van der Waals surface area contributed by atoms with Gasteiger partial charge in [0.2, 0.25) is 16.0 Å². The molecular formula is C20H23BrN6O3S. The van der Waals surface area contributed by atoms with Crippen molar-refractivity contribution in [1.29, 1.82) is 0 Å². The lowest BCUT2D eigenvalue weighted by molar-refractivity contribution is 0.271. The maximum absolute atomic E-state index is 12.7. The zero-order valence-electron chi connectivity index (χ0n) is 16.8. The van der Waals surface area contributed by atoms with Crippen molar-refractivity contribution in [3.05, 3.63) is 65.0 Å². The van der Waals surface area contributed by atoms with Crippen molar-refractivity contribution >= 4 is 43.4 Å². The van der Waals surface area contributed by atoms with E-state index in [1.807, 2.05) is 6.92 Å². The van der Waals surface area contributed by atoms with Crippen molar-refractivity contribution in [2.24, 2.45) is 0 Å². The lowest BCUT2D eigenvalue weighted by Gasteiger charge is -2.16. The molecule has 2 aromatic heterocycles. The minimum absolute atomic E-state index is 0.0257. The molecule has 0 saturated carbocycles. The standard InChI is InChI=1S/C20H23BrN6O3S/c1-2-15(13-28)25-19-18(21)12-23-20(27-19)26-16-4-3-5-17(10-16)31(29,30)24-11-14-6-8-22-9-7-14/h3-10,12,15,24,28H,2,11,13H2,1H3,(H2,23,25,26,27)/t15-/m1/s1. The number of sulfonamides is 1. The second-order valence-electron chi connectivity index (χ2n) is 6.66. The molecule has 1 atom stereocenters. The predicted molar refractivity (Wildman–Crippen MR) is 123 cm³/mol. The first-order valence-corrected chi connectivity index (χ1v) is 11.8. The lowest BCUT2D eigenvalue weighted by Crippen LogP contribution is -2.23. The van der Waals surface area contributed by atoms with Gasteiger partial charge in [-0.25, -0.2) is 18.1 Å². The van der Waals surface area contributed by atoms with E-state index in [2.05, 4.69) is 46.2 Å². The molecule has 164 valence electrons. The summed E-state index contributed by atoms with van der Waals surface area (Å²) in [7, 11) is -3.71. The molecule has 31 heavy (non-hydrogen) atoms. The molecule has 1 aromatic carbocycles. The largest absolute Gasteiger partial charge is 0.394 e. The molecule has 0 spiro atoms. The third-order valence-corrected chi connectivity index (χ3v) is 6.39. The first kappa shape index (κ1) is 23.1. The highest BCUT2D eigenvalue weighted by Gasteiger charge is 2.15. The van der Waals surface area contributed by atoms with Crippen LogP contribution in [0.2, 0.25) is 0 Å². The van der Waals surface area contributed by atoms with Crippen molar-refractivity contribution in [3.8, 4) is 0 Å². The number of halogens is 1. The zero-order chi connectivity index (χ0) is 22.3. The van der Waals surface area contributed by atoms with Gasteiger partial charge in [0.25, 0.3) is 0 Å². The van der Waals surface area contributed by atoms with Crippen LogP contribution in [0.15, 0.2) is 64.4 Å². The minimum Gasteiger partial charge on any atom is -0.394 e. The van der Waals surface area contributed by atoms with Crippen LogP contribution in [0.25, 0.3) is 0 Å². The number of aliphatic hydroxyl groups excluding tert-OH is 1. The van der Waals surface area contributed by atoms with Crippen LogP contribution in [0.4, 0.5) is 17.5 Å². The molecule has 0 fully saturated rings. The molecule has 0 unspecified atom stereocenters. The van der Waals surface area contributed by atoms with Gasteiger partial charge in [0, 0.05) is 30.8 Å². The van der Waals surface area contributed by atoms with Gasteiger partial charge >= 0.3 is 0 Å². The highest BCUT2D eigenvalue weighted by molar-refractivity contribution is 9.10. The summed E-state index contributed by atoms with van der Waals surface area (Å²) in [6.45, 7) is 2.09. The van der Waals surface area contributed by atoms with Crippen LogP contribution < -0.4 is 15.4 Å². The summed E-state index contributed by atoms with van der Waals surface area (Å²) in [5.74, 6) is 0.818. The normalized spacial score (nSPS) is 12.4. The Morgan fingerprint density at radius 3 is 2.68 bits per heavy atom. The highest BCUT2D eigenvalue weighted by Crippen LogP contribution is 2.24. The van der Waals surface area contributed by atoms with Gasteiger partial charge in [-0.15, -0.1) is 0 Å². The number of hydrogen-bond donors (Lipinski definition) is 4. The SMILES string of the molecule is CC[C@H](CO)Nc1nc(Nc2cccc(S(=O)(=O)NCc3ccncc3)c2)ncc1Br. The Morgan fingerprint density at radius 2 is 1.97 bits per heavy atom. The average molecular weight is 507 g/mol. The maximum atomic E-state index is 12.7. The van der Waals surface area contributed by atoms with E-state index in [0.717, 1.165) is 12.0 Å². The molecule has 0 saturated heterocycles. The van der Waals surface area contributed by atoms with Gasteiger partial charge < -0.3 is 15.7 Å². The van der Waals surface area contributed by atoms with Gasteiger partial charge in [-0.1, -0.05) is 13.0 Å². The van der Waals surface area contributed by atoms with Crippen LogP contribution in [-0.2, 0) is 16.6 Å². The molecule has 9 nitrogen and oxygen atoms in total. The molecule has 3 rings (SSSR count). The molecule has 0 radical (unpaired) electrons. The fourth-order valence-electron chi connectivity index (χ4n) is 2.63. The fraction of sp³-hybridized carbons (Fsp3) is 0.250. The van der Waals surface area contributed by atoms with Crippen molar-refractivity contribution in [2.75, 3.05) is 17.2 Å². The van der Waals surface area contributed by atoms with Gasteiger partial charge in [0.15, 0.2) is 0 Å². The smallest absolute Gasteiger partial charge is 0.240 e. The van der Waals surface area contributed by atoms with Crippen molar-refractivity contribution in [3.63, 3.8) is 0 Å². The number of hydrogen-bond acceptors (Lipinski definition) is 8. The van der Waals surface area contributed by atoms with Crippen LogP contribution in [-0.4, -0.2) is 41.1 Å². The Labute approximate surface area is 189 Å². The third-order valence-electron chi connectivity index (χ3n) is 4.41. The first-order chi connectivity index (χ1) is 14.9. The van der Waals surface area contributed by atoms with Gasteiger partial charge in [-0.05, 0) is 58.2 Å². The van der Waals surface area contributed by atoms with E-state index < -0.39 is 10.0 Å². The van der Waals surface area contributed by atoms with Gasteiger partial charge in [0.05, 0.1) is 22.0 Å². The van der Waals surface area contributed by atoms with E-state index >= 15 is 0 Å². The zero-order valence-corrected chi connectivity index (χ0v) is 19.2. The van der Waals surface area contributed by atoms with E-state index in [-0.39, 0.29) is 30.0 Å². The molecule has 11 heteroatoms. The molecule has 4 N–H and O–H groups in total. The van der Waals surface area contributed by atoms with Crippen molar-refractivity contribution < 1.29 is 13.5 Å². The van der Waals surface area contributed by atoms with Gasteiger partial charge in [-0.2, -0.15) is 4.98 Å². The second kappa shape index (κ2) is 10.6. The monoisotopic (exact) mass is 506 g/mol.